The molecule has 1 aliphatic rings. The molecule has 8 heteroatoms. The normalized spacial score (nSPS) is 22.0. The van der Waals surface area contributed by atoms with Crippen LogP contribution in [0, 0.1) is 5.92 Å². The lowest BCUT2D eigenvalue weighted by Crippen LogP contribution is -2.13. The fraction of sp³-hybridized carbons (Fsp3) is 0.462. The van der Waals surface area contributed by atoms with E-state index in [-0.39, 0.29) is 12.0 Å². The van der Waals surface area contributed by atoms with Gasteiger partial charge in [-0.25, -0.2) is 4.79 Å². The van der Waals surface area contributed by atoms with Crippen molar-refractivity contribution in [2.45, 2.75) is 24.7 Å². The van der Waals surface area contributed by atoms with Crippen molar-refractivity contribution < 1.29 is 35.9 Å². The summed E-state index contributed by atoms with van der Waals surface area (Å²) >= 11 is 0. The van der Waals surface area contributed by atoms with Crippen LogP contribution >= 0.6 is 0 Å². The Kier molecular flexibility index (Phi) is 3.67. The molecule has 1 fully saturated rings. The van der Waals surface area contributed by atoms with E-state index in [0.29, 0.717) is 12.1 Å². The number of esters is 1. The summed E-state index contributed by atoms with van der Waals surface area (Å²) in [5.41, 5.74) is -1.71. The molecule has 0 amide bonds. The zero-order valence-electron chi connectivity index (χ0n) is 10.7. The van der Waals surface area contributed by atoms with Gasteiger partial charge >= 0.3 is 18.3 Å². The number of ether oxygens (including phenoxy) is 1. The topological polar surface area (TPSA) is 26.3 Å². The van der Waals surface area contributed by atoms with E-state index >= 15 is 0 Å². The number of hydrogen-bond donors (Lipinski definition) is 0. The molecule has 1 aromatic carbocycles. The highest BCUT2D eigenvalue weighted by Crippen LogP contribution is 2.56. The van der Waals surface area contributed by atoms with Gasteiger partial charge in [-0.05, 0) is 36.1 Å². The van der Waals surface area contributed by atoms with Crippen molar-refractivity contribution in [3.8, 4) is 0 Å². The Morgan fingerprint density at radius 1 is 1.14 bits per heavy atom. The largest absolute Gasteiger partial charge is 0.465 e. The van der Waals surface area contributed by atoms with Gasteiger partial charge in [0.25, 0.3) is 0 Å². The second-order valence-corrected chi connectivity index (χ2v) is 4.82. The van der Waals surface area contributed by atoms with Gasteiger partial charge in [-0.2, -0.15) is 26.3 Å². The Hall–Kier alpha value is -1.73. The second-order valence-electron chi connectivity index (χ2n) is 4.82. The average Bonchev–Trinajstić information content (AvgIpc) is 3.16. The summed E-state index contributed by atoms with van der Waals surface area (Å²) in [5.74, 6) is -3.73. The van der Waals surface area contributed by atoms with Crippen LogP contribution in [0.4, 0.5) is 26.3 Å². The molecule has 0 N–H and O–H groups in total. The van der Waals surface area contributed by atoms with Crippen molar-refractivity contribution in [3.63, 3.8) is 0 Å². The maximum Gasteiger partial charge on any atom is 0.416 e. The van der Waals surface area contributed by atoms with Crippen LogP contribution in [0.25, 0.3) is 0 Å². The van der Waals surface area contributed by atoms with Crippen molar-refractivity contribution in [2.75, 3.05) is 7.11 Å². The third kappa shape index (κ3) is 3.30. The summed E-state index contributed by atoms with van der Waals surface area (Å²) in [6, 6.07) is 2.25. The lowest BCUT2D eigenvalue weighted by Gasteiger charge is -2.12. The van der Waals surface area contributed by atoms with Crippen molar-refractivity contribution in [3.05, 3.63) is 34.9 Å². The highest BCUT2D eigenvalue weighted by atomic mass is 19.4. The number of hydrogen-bond acceptors (Lipinski definition) is 2. The van der Waals surface area contributed by atoms with Crippen LogP contribution in [-0.2, 0) is 10.9 Å². The first kappa shape index (κ1) is 15.7. The first-order chi connectivity index (χ1) is 9.54. The van der Waals surface area contributed by atoms with Gasteiger partial charge in [0.15, 0.2) is 0 Å². The van der Waals surface area contributed by atoms with Crippen LogP contribution < -0.4 is 0 Å². The van der Waals surface area contributed by atoms with Gasteiger partial charge in [0, 0.05) is 0 Å². The van der Waals surface area contributed by atoms with Crippen LogP contribution in [0.2, 0.25) is 0 Å². The lowest BCUT2D eigenvalue weighted by atomic mass is 10.0. The number of carbonyl (C=O) groups excluding carboxylic acids is 1. The second kappa shape index (κ2) is 4.92. The van der Waals surface area contributed by atoms with Crippen LogP contribution in [0.5, 0.6) is 0 Å². The summed E-state index contributed by atoms with van der Waals surface area (Å²) in [5, 5.41) is 0. The molecule has 0 saturated heterocycles. The van der Waals surface area contributed by atoms with Crippen LogP contribution in [0.3, 0.4) is 0 Å². The van der Waals surface area contributed by atoms with Gasteiger partial charge < -0.3 is 4.74 Å². The molecular weight excluding hydrogens is 302 g/mol. The van der Waals surface area contributed by atoms with Crippen molar-refractivity contribution in [1.82, 2.24) is 0 Å². The first-order valence-electron chi connectivity index (χ1n) is 5.91. The van der Waals surface area contributed by atoms with E-state index in [9.17, 15) is 31.1 Å². The number of benzene rings is 1. The maximum atomic E-state index is 12.8. The van der Waals surface area contributed by atoms with Gasteiger partial charge in [-0.3, -0.25) is 0 Å². The van der Waals surface area contributed by atoms with Gasteiger partial charge in [0.2, 0.25) is 0 Å². The van der Waals surface area contributed by atoms with E-state index < -0.39 is 41.3 Å². The number of alkyl halides is 6. The van der Waals surface area contributed by atoms with E-state index in [4.69, 9.17) is 0 Å². The average molecular weight is 312 g/mol. The molecular formula is C13H10F6O2. The number of rotatable bonds is 2. The van der Waals surface area contributed by atoms with Gasteiger partial charge in [-0.1, -0.05) is 0 Å². The molecule has 0 heterocycles. The summed E-state index contributed by atoms with van der Waals surface area (Å²) in [7, 11) is 0.984. The van der Waals surface area contributed by atoms with Crippen molar-refractivity contribution >= 4 is 5.97 Å². The van der Waals surface area contributed by atoms with Crippen molar-refractivity contribution in [2.24, 2.45) is 5.92 Å². The molecule has 1 aliphatic carbocycles. The standard InChI is InChI=1S/C13H10F6O2/c1-21-11(20)7-2-6(3-8(4-7)12(14,15)16)9-5-10(9)13(17,18)19/h2-4,9-10H,5H2,1H3. The predicted octanol–water partition coefficient (Wildman–Crippen LogP) is 4.16. The van der Waals surface area contributed by atoms with E-state index in [1.807, 2.05) is 0 Å². The van der Waals surface area contributed by atoms with E-state index in [1.54, 1.807) is 0 Å². The molecule has 1 aromatic rings. The number of carbonyl (C=O) groups is 1. The summed E-state index contributed by atoms with van der Waals surface area (Å²) in [4.78, 5) is 11.4. The Morgan fingerprint density at radius 3 is 2.19 bits per heavy atom. The Labute approximate surface area is 115 Å². The van der Waals surface area contributed by atoms with Gasteiger partial charge in [-0.15, -0.1) is 0 Å². The molecule has 0 bridgehead atoms. The number of methoxy groups -OCH3 is 1. The molecule has 0 spiro atoms. The Bertz CT molecular complexity index is 561. The van der Waals surface area contributed by atoms with E-state index in [2.05, 4.69) is 4.74 Å². The van der Waals surface area contributed by atoms with E-state index in [0.717, 1.165) is 13.2 Å². The minimum Gasteiger partial charge on any atom is -0.465 e. The van der Waals surface area contributed by atoms with Crippen molar-refractivity contribution in [1.29, 1.82) is 0 Å². The third-order valence-electron chi connectivity index (χ3n) is 3.34. The Morgan fingerprint density at radius 2 is 1.76 bits per heavy atom. The first-order valence-corrected chi connectivity index (χ1v) is 5.91. The Balaban J connectivity index is 2.40. The smallest absolute Gasteiger partial charge is 0.416 e. The zero-order valence-corrected chi connectivity index (χ0v) is 10.7. The van der Waals surface area contributed by atoms with E-state index in [1.165, 1.54) is 0 Å². The van der Waals surface area contributed by atoms with Crippen LogP contribution in [0.1, 0.15) is 33.8 Å². The van der Waals surface area contributed by atoms with Gasteiger partial charge in [0.1, 0.15) is 0 Å². The minimum absolute atomic E-state index is 0.146. The zero-order chi connectivity index (χ0) is 16.0. The molecule has 2 rings (SSSR count). The van der Waals surface area contributed by atoms with Gasteiger partial charge in [0.05, 0.1) is 24.2 Å². The maximum absolute atomic E-state index is 12.8. The fourth-order valence-corrected chi connectivity index (χ4v) is 2.19. The third-order valence-corrected chi connectivity index (χ3v) is 3.34. The highest BCUT2D eigenvalue weighted by molar-refractivity contribution is 5.89. The minimum atomic E-state index is -4.75. The number of halogens is 6. The molecule has 116 valence electrons. The summed E-state index contributed by atoms with van der Waals surface area (Å²) < 4.78 is 80.2. The highest BCUT2D eigenvalue weighted by Gasteiger charge is 2.56. The molecule has 1 saturated carbocycles. The fourth-order valence-electron chi connectivity index (χ4n) is 2.19. The molecule has 21 heavy (non-hydrogen) atoms. The lowest BCUT2D eigenvalue weighted by molar-refractivity contribution is -0.148. The quantitative estimate of drug-likeness (QED) is 0.605. The van der Waals surface area contributed by atoms with Crippen LogP contribution in [0.15, 0.2) is 18.2 Å². The summed E-state index contributed by atoms with van der Waals surface area (Å²) in [6.07, 6.45) is -9.48. The molecule has 0 aromatic heterocycles. The predicted molar refractivity (Wildman–Crippen MR) is 59.7 cm³/mol. The molecule has 2 nitrogen and oxygen atoms in total. The molecule has 0 radical (unpaired) electrons. The molecule has 2 unspecified atom stereocenters. The molecule has 2 atom stereocenters. The monoisotopic (exact) mass is 312 g/mol. The van der Waals surface area contributed by atoms with Crippen LogP contribution in [-0.4, -0.2) is 19.3 Å². The molecule has 0 aliphatic heterocycles. The SMILES string of the molecule is COC(=O)c1cc(C2CC2C(F)(F)F)cc(C(F)(F)F)c1. The summed E-state index contributed by atoms with van der Waals surface area (Å²) in [6.45, 7) is 0.